The minimum absolute atomic E-state index is 0.740. The largest absolute Gasteiger partial charge is 0.309 e. The summed E-state index contributed by atoms with van der Waals surface area (Å²) < 4.78 is 30.6. The number of rotatable bonds is 9. The monoisotopic (exact) mass is 707 g/mol. The van der Waals surface area contributed by atoms with Crippen LogP contribution in [0.3, 0.4) is 0 Å². The number of benzene rings is 7. The highest BCUT2D eigenvalue weighted by Gasteiger charge is 2.31. The van der Waals surface area contributed by atoms with Crippen LogP contribution in [-0.2, 0) is 9.13 Å². The summed E-state index contributed by atoms with van der Waals surface area (Å²) in [5, 5.41) is 4.60. The molecule has 0 fully saturated rings. The third-order valence-corrected chi connectivity index (χ3v) is 15.5. The van der Waals surface area contributed by atoms with Gasteiger partial charge < -0.3 is 9.13 Å². The van der Waals surface area contributed by atoms with Crippen LogP contribution in [0.25, 0.3) is 33.6 Å². The van der Waals surface area contributed by atoms with E-state index in [4.69, 9.17) is 4.98 Å². The lowest BCUT2D eigenvalue weighted by molar-refractivity contribution is 0.591. The lowest BCUT2D eigenvalue weighted by atomic mass is 10.00. The van der Waals surface area contributed by atoms with Crippen molar-refractivity contribution in [2.45, 2.75) is 0 Å². The average Bonchev–Trinajstić information content (AvgIpc) is 3.24. The smallest absolute Gasteiger partial charge is 0.171 e. The first-order valence-electron chi connectivity index (χ1n) is 17.3. The van der Waals surface area contributed by atoms with Gasteiger partial charge in [-0.3, -0.25) is 0 Å². The van der Waals surface area contributed by atoms with Crippen molar-refractivity contribution in [3.63, 3.8) is 0 Å². The molecule has 1 heterocycles. The molecule has 0 aliphatic rings. The molecule has 0 aliphatic carbocycles. The predicted molar refractivity (Wildman–Crippen MR) is 219 cm³/mol. The highest BCUT2D eigenvalue weighted by molar-refractivity contribution is 7.85. The van der Waals surface area contributed by atoms with Gasteiger partial charge in [0.1, 0.15) is 0 Å². The van der Waals surface area contributed by atoms with Gasteiger partial charge in [0.05, 0.1) is 11.4 Å². The van der Waals surface area contributed by atoms with E-state index in [1.807, 2.05) is 188 Å². The molecule has 0 saturated heterocycles. The van der Waals surface area contributed by atoms with Gasteiger partial charge in [0.25, 0.3) is 0 Å². The normalized spacial score (nSPS) is 11.6. The van der Waals surface area contributed by atoms with Gasteiger partial charge in [0.15, 0.2) is 14.3 Å². The van der Waals surface area contributed by atoms with Crippen molar-refractivity contribution in [3.05, 3.63) is 212 Å². The second kappa shape index (κ2) is 14.4. The molecule has 0 amide bonds. The van der Waals surface area contributed by atoms with Gasteiger partial charge in [-0.25, -0.2) is 4.98 Å². The molecular formula is C47H35NO2P2. The Morgan fingerprint density at radius 2 is 0.558 bits per heavy atom. The fraction of sp³-hybridized carbons (Fsp3) is 0. The number of hydrogen-bond donors (Lipinski definition) is 0. The van der Waals surface area contributed by atoms with Gasteiger partial charge >= 0.3 is 0 Å². The van der Waals surface area contributed by atoms with Gasteiger partial charge in [0, 0.05) is 43.0 Å². The average molecular weight is 708 g/mol. The van der Waals surface area contributed by atoms with Crippen molar-refractivity contribution >= 4 is 46.1 Å². The van der Waals surface area contributed by atoms with Crippen LogP contribution in [0, 0.1) is 0 Å². The molecule has 52 heavy (non-hydrogen) atoms. The first-order chi connectivity index (χ1) is 25.5. The van der Waals surface area contributed by atoms with Crippen molar-refractivity contribution in [2.24, 2.45) is 0 Å². The SMILES string of the molecule is O=P(c1ccccc1)(c1ccccc1)c1cccc(-c2cc(-c3ccccc3)cc(-c3cccc(P(=O)(c4ccccc4)c4ccccc4)c3)n2)c1. The Kier molecular flexibility index (Phi) is 9.23. The van der Waals surface area contributed by atoms with Crippen LogP contribution in [0.4, 0.5) is 0 Å². The minimum Gasteiger partial charge on any atom is -0.309 e. The molecule has 0 atom stereocenters. The molecule has 8 rings (SSSR count). The Hall–Kier alpha value is -5.85. The maximum atomic E-state index is 15.3. The zero-order chi connectivity index (χ0) is 35.4. The Bertz CT molecular complexity index is 2310. The summed E-state index contributed by atoms with van der Waals surface area (Å²) >= 11 is 0. The van der Waals surface area contributed by atoms with Crippen LogP contribution in [0.5, 0.6) is 0 Å². The molecular weight excluding hydrogens is 672 g/mol. The van der Waals surface area contributed by atoms with Crippen LogP contribution < -0.4 is 31.8 Å². The number of pyridine rings is 1. The van der Waals surface area contributed by atoms with Crippen molar-refractivity contribution in [2.75, 3.05) is 0 Å². The highest BCUT2D eigenvalue weighted by atomic mass is 31.2. The third kappa shape index (κ3) is 6.31. The fourth-order valence-corrected chi connectivity index (χ4v) is 12.2. The molecule has 1 aromatic heterocycles. The Balaban J connectivity index is 1.30. The van der Waals surface area contributed by atoms with Crippen molar-refractivity contribution < 1.29 is 9.13 Å². The van der Waals surface area contributed by atoms with E-state index in [1.54, 1.807) is 0 Å². The minimum atomic E-state index is -3.21. The molecule has 0 N–H and O–H groups in total. The molecule has 0 bridgehead atoms. The Labute approximate surface area is 305 Å². The summed E-state index contributed by atoms with van der Waals surface area (Å²) in [6.45, 7) is 0. The molecule has 250 valence electrons. The molecule has 7 aromatic carbocycles. The van der Waals surface area contributed by atoms with Gasteiger partial charge in [-0.05, 0) is 35.4 Å². The van der Waals surface area contributed by atoms with E-state index in [0.29, 0.717) is 0 Å². The molecule has 3 nitrogen and oxygen atoms in total. The zero-order valence-electron chi connectivity index (χ0n) is 28.4. The van der Waals surface area contributed by atoms with E-state index < -0.39 is 14.3 Å². The first kappa shape index (κ1) is 33.3. The molecule has 0 unspecified atom stereocenters. The fourth-order valence-electron chi connectivity index (χ4n) is 6.79. The Morgan fingerprint density at radius 1 is 0.269 bits per heavy atom. The standard InChI is InChI=1S/C47H35NO2P2/c49-51(40-22-8-2-9-23-40,41-24-10-3-11-25-41)44-30-16-20-37(32-44)46-34-39(36-18-6-1-7-19-36)35-47(48-46)38-21-17-31-45(33-38)52(50,42-26-12-4-13-27-42)43-28-14-5-15-29-43/h1-35H. The van der Waals surface area contributed by atoms with Crippen molar-refractivity contribution in [1.29, 1.82) is 0 Å². The van der Waals surface area contributed by atoms with Gasteiger partial charge in [0.2, 0.25) is 0 Å². The number of hydrogen-bond acceptors (Lipinski definition) is 3. The lowest BCUT2D eigenvalue weighted by Gasteiger charge is -2.21. The molecule has 0 aliphatic heterocycles. The summed E-state index contributed by atoms with van der Waals surface area (Å²) in [7, 11) is -6.41. The highest BCUT2D eigenvalue weighted by Crippen LogP contribution is 2.44. The summed E-state index contributed by atoms with van der Waals surface area (Å²) in [5.74, 6) is 0. The summed E-state index contributed by atoms with van der Waals surface area (Å²) in [4.78, 5) is 5.26. The topological polar surface area (TPSA) is 47.0 Å². The van der Waals surface area contributed by atoms with Crippen LogP contribution in [-0.4, -0.2) is 4.98 Å². The van der Waals surface area contributed by atoms with Crippen LogP contribution in [0.15, 0.2) is 212 Å². The molecule has 0 radical (unpaired) electrons. The predicted octanol–water partition coefficient (Wildman–Crippen LogP) is 9.36. The first-order valence-corrected chi connectivity index (χ1v) is 20.7. The zero-order valence-corrected chi connectivity index (χ0v) is 30.2. The van der Waals surface area contributed by atoms with Gasteiger partial charge in [-0.15, -0.1) is 0 Å². The molecule has 8 aromatic rings. The van der Waals surface area contributed by atoms with E-state index in [-0.39, 0.29) is 0 Å². The summed E-state index contributed by atoms with van der Waals surface area (Å²) in [6, 6.07) is 69.3. The summed E-state index contributed by atoms with van der Waals surface area (Å²) in [5.41, 5.74) is 5.28. The van der Waals surface area contributed by atoms with E-state index in [2.05, 4.69) is 24.3 Å². The Morgan fingerprint density at radius 3 is 0.904 bits per heavy atom. The molecule has 0 spiro atoms. The van der Waals surface area contributed by atoms with Crippen LogP contribution in [0.1, 0.15) is 0 Å². The van der Waals surface area contributed by atoms with Gasteiger partial charge in [-0.2, -0.15) is 0 Å². The number of aromatic nitrogens is 1. The lowest BCUT2D eigenvalue weighted by Crippen LogP contribution is -2.25. The third-order valence-electron chi connectivity index (χ3n) is 9.42. The van der Waals surface area contributed by atoms with Crippen molar-refractivity contribution in [1.82, 2.24) is 4.98 Å². The van der Waals surface area contributed by atoms with Crippen LogP contribution >= 0.6 is 14.3 Å². The molecule has 0 saturated carbocycles. The molecule has 5 heteroatoms. The van der Waals surface area contributed by atoms with Crippen molar-refractivity contribution in [3.8, 4) is 33.6 Å². The maximum absolute atomic E-state index is 15.3. The maximum Gasteiger partial charge on any atom is 0.171 e. The van der Waals surface area contributed by atoms with Crippen LogP contribution in [0.2, 0.25) is 0 Å². The second-order valence-electron chi connectivity index (χ2n) is 12.7. The van der Waals surface area contributed by atoms with E-state index in [1.165, 1.54) is 0 Å². The van der Waals surface area contributed by atoms with Gasteiger partial charge in [-0.1, -0.05) is 188 Å². The quantitative estimate of drug-likeness (QED) is 0.141. The second-order valence-corrected chi connectivity index (χ2v) is 18.2. The summed E-state index contributed by atoms with van der Waals surface area (Å²) in [6.07, 6.45) is 0. The van der Waals surface area contributed by atoms with E-state index in [9.17, 15) is 0 Å². The van der Waals surface area contributed by atoms with E-state index >= 15 is 9.13 Å². The number of nitrogens with zero attached hydrogens (tertiary/aromatic N) is 1. The van der Waals surface area contributed by atoms with E-state index in [0.717, 1.165) is 65.5 Å².